The van der Waals surface area contributed by atoms with Gasteiger partial charge in [-0.3, -0.25) is 14.5 Å². The largest absolute Gasteiger partial charge is 0.543 e. The van der Waals surface area contributed by atoms with Crippen LogP contribution in [0.4, 0.5) is 0 Å². The summed E-state index contributed by atoms with van der Waals surface area (Å²) >= 11 is 0. The molecule has 0 fully saturated rings. The summed E-state index contributed by atoms with van der Waals surface area (Å²) in [5, 5.41) is 1.65. The van der Waals surface area contributed by atoms with E-state index in [1.807, 2.05) is 30.3 Å². The zero-order valence-corrected chi connectivity index (χ0v) is 18.2. The molecule has 27 heavy (non-hydrogen) atoms. The first-order chi connectivity index (χ1) is 12.6. The normalized spacial score (nSPS) is 14.8. The molecule has 0 aromatic heterocycles. The molecule has 2 aromatic rings. The number of rotatable bonds is 5. The van der Waals surface area contributed by atoms with Gasteiger partial charge in [-0.1, -0.05) is 46.2 Å². The van der Waals surface area contributed by atoms with Gasteiger partial charge in [0.15, 0.2) is 0 Å². The van der Waals surface area contributed by atoms with Crippen LogP contribution in [0.1, 0.15) is 61.3 Å². The average Bonchev–Trinajstić information content (AvgIpc) is 2.59. The van der Waals surface area contributed by atoms with Gasteiger partial charge in [-0.15, -0.1) is 0 Å². The van der Waals surface area contributed by atoms with Crippen LogP contribution in [-0.2, 0) is 0 Å². The Bertz CT molecular complexity index is 889. The Kier molecular flexibility index (Phi) is 4.93. The summed E-state index contributed by atoms with van der Waals surface area (Å²) in [4.78, 5) is 27.3. The van der Waals surface area contributed by atoms with Gasteiger partial charge in [0.2, 0.25) is 0 Å². The third-order valence-electron chi connectivity index (χ3n) is 5.86. The zero-order chi connectivity index (χ0) is 20.0. The van der Waals surface area contributed by atoms with Gasteiger partial charge in [0.1, 0.15) is 5.75 Å². The molecule has 2 amide bonds. The summed E-state index contributed by atoms with van der Waals surface area (Å²) < 4.78 is 6.52. The highest BCUT2D eigenvalue weighted by molar-refractivity contribution is 6.74. The maximum Gasteiger partial charge on any atom is 0.261 e. The van der Waals surface area contributed by atoms with Crippen LogP contribution in [0.2, 0.25) is 18.1 Å². The van der Waals surface area contributed by atoms with Gasteiger partial charge in [-0.2, -0.15) is 0 Å². The van der Waals surface area contributed by atoms with Gasteiger partial charge in [0, 0.05) is 28.4 Å². The topological polar surface area (TPSA) is 46.6 Å². The molecule has 0 spiro atoms. The minimum atomic E-state index is -2.04. The van der Waals surface area contributed by atoms with Gasteiger partial charge >= 0.3 is 0 Å². The number of nitrogens with zero attached hydrogens (tertiary/aromatic N) is 1. The maximum atomic E-state index is 12.9. The molecule has 3 rings (SSSR count). The maximum absolute atomic E-state index is 12.9. The van der Waals surface area contributed by atoms with E-state index in [2.05, 4.69) is 40.8 Å². The second kappa shape index (κ2) is 6.79. The Morgan fingerprint density at radius 1 is 1.00 bits per heavy atom. The van der Waals surface area contributed by atoms with E-state index < -0.39 is 8.32 Å². The summed E-state index contributed by atoms with van der Waals surface area (Å²) in [7, 11) is -2.04. The van der Waals surface area contributed by atoms with Crippen molar-refractivity contribution < 1.29 is 14.0 Å². The van der Waals surface area contributed by atoms with Crippen LogP contribution in [0.25, 0.3) is 10.8 Å². The molecule has 5 heteroatoms. The summed E-state index contributed by atoms with van der Waals surface area (Å²) in [5.74, 6) is 0.372. The van der Waals surface area contributed by atoms with Crippen molar-refractivity contribution in [3.05, 3.63) is 41.5 Å². The van der Waals surface area contributed by atoms with Gasteiger partial charge in [-0.25, -0.2) is 0 Å². The number of carbonyl (C=O) groups excluding carboxylic acids is 2. The van der Waals surface area contributed by atoms with Crippen LogP contribution in [0.15, 0.2) is 30.3 Å². The smallest absolute Gasteiger partial charge is 0.261 e. The number of benzene rings is 2. The molecule has 1 aliphatic rings. The molecule has 144 valence electrons. The van der Waals surface area contributed by atoms with Crippen molar-refractivity contribution in [3.63, 3.8) is 0 Å². The number of carbonyl (C=O) groups is 2. The van der Waals surface area contributed by atoms with E-state index in [0.717, 1.165) is 29.4 Å². The van der Waals surface area contributed by atoms with Crippen molar-refractivity contribution in [2.45, 2.75) is 58.7 Å². The summed E-state index contributed by atoms with van der Waals surface area (Å²) in [6.07, 6.45) is 1.75. The zero-order valence-electron chi connectivity index (χ0n) is 17.2. The first-order valence-corrected chi connectivity index (χ1v) is 12.6. The van der Waals surface area contributed by atoms with Crippen molar-refractivity contribution in [3.8, 4) is 5.75 Å². The number of hydrogen-bond donors (Lipinski definition) is 0. The number of imide groups is 1. The summed E-state index contributed by atoms with van der Waals surface area (Å²) in [5.41, 5.74) is 1.19. The van der Waals surface area contributed by atoms with Gasteiger partial charge < -0.3 is 4.43 Å². The minimum absolute atomic E-state index is 0.0647. The molecule has 0 atom stereocenters. The number of amides is 2. The molecule has 0 aliphatic carbocycles. The second-order valence-electron chi connectivity index (χ2n) is 8.82. The van der Waals surface area contributed by atoms with Crippen LogP contribution < -0.4 is 4.43 Å². The minimum Gasteiger partial charge on any atom is -0.543 e. The monoisotopic (exact) mass is 383 g/mol. The summed E-state index contributed by atoms with van der Waals surface area (Å²) in [6.45, 7) is 13.5. The van der Waals surface area contributed by atoms with Crippen LogP contribution >= 0.6 is 0 Å². The first-order valence-electron chi connectivity index (χ1n) is 9.69. The van der Waals surface area contributed by atoms with E-state index in [1.54, 1.807) is 0 Å². The van der Waals surface area contributed by atoms with Crippen LogP contribution in [-0.4, -0.2) is 31.6 Å². The lowest BCUT2D eigenvalue weighted by molar-refractivity contribution is 0.0608. The number of hydrogen-bond acceptors (Lipinski definition) is 3. The Labute approximate surface area is 162 Å². The highest BCUT2D eigenvalue weighted by Gasteiger charge is 2.40. The average molecular weight is 384 g/mol. The van der Waals surface area contributed by atoms with Crippen LogP contribution in [0.5, 0.6) is 5.75 Å². The van der Waals surface area contributed by atoms with Crippen molar-refractivity contribution >= 4 is 30.9 Å². The van der Waals surface area contributed by atoms with E-state index in [1.165, 1.54) is 4.90 Å². The Hall–Kier alpha value is -2.14. The van der Waals surface area contributed by atoms with E-state index >= 15 is 0 Å². The van der Waals surface area contributed by atoms with E-state index in [0.29, 0.717) is 17.7 Å². The lowest BCUT2D eigenvalue weighted by atomic mass is 9.93. The molecule has 0 saturated carbocycles. The van der Waals surface area contributed by atoms with Crippen molar-refractivity contribution in [1.82, 2.24) is 4.90 Å². The molecule has 1 heterocycles. The second-order valence-corrected chi connectivity index (χ2v) is 13.5. The highest BCUT2D eigenvalue weighted by atomic mass is 28.4. The third kappa shape index (κ3) is 3.29. The van der Waals surface area contributed by atoms with Crippen molar-refractivity contribution in [2.24, 2.45) is 0 Å². The van der Waals surface area contributed by atoms with Gasteiger partial charge in [0.25, 0.3) is 20.1 Å². The van der Waals surface area contributed by atoms with E-state index in [-0.39, 0.29) is 16.9 Å². The fourth-order valence-electron chi connectivity index (χ4n) is 3.16. The fourth-order valence-corrected chi connectivity index (χ4v) is 4.19. The predicted molar refractivity (Wildman–Crippen MR) is 112 cm³/mol. The SMILES string of the molecule is CCCCN1C(=O)c2cccc3c(O[Si](C)(C)C(C)(C)C)ccc(c23)C1=O. The molecule has 0 bridgehead atoms. The predicted octanol–water partition coefficient (Wildman–Crippen LogP) is 5.62. The van der Waals surface area contributed by atoms with E-state index in [9.17, 15) is 9.59 Å². The number of unbranched alkanes of at least 4 members (excludes halogenated alkanes) is 1. The third-order valence-corrected chi connectivity index (χ3v) is 10.2. The lowest BCUT2D eigenvalue weighted by Crippen LogP contribution is -2.44. The Balaban J connectivity index is 2.13. The molecule has 2 aromatic carbocycles. The Morgan fingerprint density at radius 3 is 2.22 bits per heavy atom. The first kappa shape index (κ1) is 19.6. The summed E-state index contributed by atoms with van der Waals surface area (Å²) in [6, 6.07) is 9.37. The fraction of sp³-hybridized carbons (Fsp3) is 0.455. The van der Waals surface area contributed by atoms with E-state index in [4.69, 9.17) is 4.43 Å². The van der Waals surface area contributed by atoms with Gasteiger partial charge in [0.05, 0.1) is 0 Å². The molecule has 0 unspecified atom stereocenters. The molecule has 0 N–H and O–H groups in total. The van der Waals surface area contributed by atoms with Gasteiger partial charge in [-0.05, 0) is 42.8 Å². The molecule has 0 saturated heterocycles. The highest BCUT2D eigenvalue weighted by Crippen LogP contribution is 2.41. The van der Waals surface area contributed by atoms with Crippen molar-refractivity contribution in [2.75, 3.05) is 6.54 Å². The molecule has 4 nitrogen and oxygen atoms in total. The molecule has 0 radical (unpaired) electrons. The van der Waals surface area contributed by atoms with Crippen LogP contribution in [0, 0.1) is 0 Å². The molecular weight excluding hydrogens is 354 g/mol. The molecule has 1 aliphatic heterocycles. The molecular formula is C22H29NO3Si. The van der Waals surface area contributed by atoms with Crippen LogP contribution in [0.3, 0.4) is 0 Å². The quantitative estimate of drug-likeness (QED) is 0.497. The van der Waals surface area contributed by atoms with Crippen molar-refractivity contribution in [1.29, 1.82) is 0 Å². The standard InChI is InChI=1S/C22H29NO3Si/c1-7-8-14-23-20(24)16-11-9-10-15-18(26-27(5,6)22(2,3)4)13-12-17(19(15)16)21(23)25/h9-13H,7-8,14H2,1-6H3. The lowest BCUT2D eigenvalue weighted by Gasteiger charge is -2.37. The Morgan fingerprint density at radius 2 is 1.63 bits per heavy atom.